The topological polar surface area (TPSA) is 105 Å². The number of aliphatic carboxylic acids is 1. The van der Waals surface area contributed by atoms with Crippen LogP contribution >= 0.6 is 0 Å². The minimum atomic E-state index is -1.17. The van der Waals surface area contributed by atoms with Crippen LogP contribution in [0.4, 0.5) is 4.79 Å². The standard InChI is InChI=1S/C24H24N2O6/c1-26(32-14-22(27)28)23(29)15-10-11-16(12-15)25-24(30)31-13-21-19-8-4-2-6-17(19)18-7-3-5-9-20(18)21/h2-11,15-16,21H,12-14H2,1H3,(H,25,30)(H,27,28). The summed E-state index contributed by atoms with van der Waals surface area (Å²) in [5, 5.41) is 12.3. The highest BCUT2D eigenvalue weighted by atomic mass is 16.7. The molecule has 166 valence electrons. The van der Waals surface area contributed by atoms with Crippen molar-refractivity contribution < 1.29 is 29.1 Å². The van der Waals surface area contributed by atoms with Gasteiger partial charge >= 0.3 is 12.1 Å². The van der Waals surface area contributed by atoms with E-state index < -0.39 is 24.6 Å². The van der Waals surface area contributed by atoms with Gasteiger partial charge in [-0.05, 0) is 28.7 Å². The van der Waals surface area contributed by atoms with Crippen LogP contribution in [0.1, 0.15) is 23.5 Å². The van der Waals surface area contributed by atoms with Gasteiger partial charge in [0, 0.05) is 13.0 Å². The van der Waals surface area contributed by atoms with E-state index in [9.17, 15) is 14.4 Å². The molecule has 8 heteroatoms. The average molecular weight is 436 g/mol. The SMILES string of the molecule is CN(OCC(=O)O)C(=O)C1C=CC(NC(=O)OCC2c3ccccc3-c3ccccc32)C1. The maximum atomic E-state index is 12.4. The van der Waals surface area contributed by atoms with Crippen LogP contribution in [0.2, 0.25) is 0 Å². The summed E-state index contributed by atoms with van der Waals surface area (Å²) in [7, 11) is 1.37. The van der Waals surface area contributed by atoms with Crippen LogP contribution in [0.3, 0.4) is 0 Å². The molecule has 0 fully saturated rings. The lowest BCUT2D eigenvalue weighted by molar-refractivity contribution is -0.188. The number of carbonyl (C=O) groups is 3. The summed E-state index contributed by atoms with van der Waals surface area (Å²) in [4.78, 5) is 40.2. The van der Waals surface area contributed by atoms with Crippen molar-refractivity contribution in [1.29, 1.82) is 0 Å². The number of carbonyl (C=O) groups excluding carboxylic acids is 2. The van der Waals surface area contributed by atoms with Crippen molar-refractivity contribution in [1.82, 2.24) is 10.4 Å². The average Bonchev–Trinajstić information content (AvgIpc) is 3.38. The molecule has 0 aliphatic heterocycles. The van der Waals surface area contributed by atoms with Crippen LogP contribution < -0.4 is 5.32 Å². The second kappa shape index (κ2) is 9.23. The Morgan fingerprint density at radius 1 is 1.03 bits per heavy atom. The first-order valence-electron chi connectivity index (χ1n) is 10.4. The fraction of sp³-hybridized carbons (Fsp3) is 0.292. The summed E-state index contributed by atoms with van der Waals surface area (Å²) in [6.45, 7) is -0.384. The van der Waals surface area contributed by atoms with Crippen LogP contribution in [-0.2, 0) is 19.2 Å². The number of benzene rings is 2. The minimum Gasteiger partial charge on any atom is -0.479 e. The zero-order valence-electron chi connectivity index (χ0n) is 17.6. The predicted molar refractivity (Wildman–Crippen MR) is 116 cm³/mol. The van der Waals surface area contributed by atoms with Crippen LogP contribution in [-0.4, -0.2) is 54.4 Å². The van der Waals surface area contributed by atoms with E-state index in [1.165, 1.54) is 7.05 Å². The Morgan fingerprint density at radius 3 is 2.28 bits per heavy atom. The van der Waals surface area contributed by atoms with Crippen molar-refractivity contribution in [3.8, 4) is 11.1 Å². The molecule has 0 aromatic heterocycles. The zero-order valence-corrected chi connectivity index (χ0v) is 17.6. The van der Waals surface area contributed by atoms with Crippen LogP contribution in [0, 0.1) is 5.92 Å². The molecule has 4 rings (SSSR count). The van der Waals surface area contributed by atoms with E-state index in [2.05, 4.69) is 29.6 Å². The van der Waals surface area contributed by atoms with E-state index in [1.54, 1.807) is 12.2 Å². The Hall–Kier alpha value is -3.65. The minimum absolute atomic E-state index is 0.0263. The maximum absolute atomic E-state index is 12.4. The molecule has 0 saturated carbocycles. The van der Waals surface area contributed by atoms with Crippen LogP contribution in [0.15, 0.2) is 60.7 Å². The van der Waals surface area contributed by atoms with Crippen LogP contribution in [0.25, 0.3) is 11.1 Å². The molecule has 0 spiro atoms. The van der Waals surface area contributed by atoms with Gasteiger partial charge in [0.25, 0.3) is 5.91 Å². The first kappa shape index (κ1) is 21.6. The van der Waals surface area contributed by atoms with E-state index >= 15 is 0 Å². The number of fused-ring (bicyclic) bond motifs is 3. The molecule has 2 aliphatic rings. The fourth-order valence-electron chi connectivity index (χ4n) is 4.23. The third-order valence-electron chi connectivity index (χ3n) is 5.74. The summed E-state index contributed by atoms with van der Waals surface area (Å²) in [6, 6.07) is 15.9. The molecule has 0 radical (unpaired) electrons. The Bertz CT molecular complexity index is 1020. The van der Waals surface area contributed by atoms with Gasteiger partial charge in [0.2, 0.25) is 0 Å². The van der Waals surface area contributed by atoms with Crippen molar-refractivity contribution in [2.75, 3.05) is 20.3 Å². The Morgan fingerprint density at radius 2 is 1.66 bits per heavy atom. The molecule has 32 heavy (non-hydrogen) atoms. The van der Waals surface area contributed by atoms with Crippen LogP contribution in [0.5, 0.6) is 0 Å². The maximum Gasteiger partial charge on any atom is 0.407 e. The summed E-state index contributed by atoms with van der Waals surface area (Å²) < 4.78 is 5.54. The van der Waals surface area contributed by atoms with Crippen molar-refractivity contribution in [2.45, 2.75) is 18.4 Å². The molecule has 2 aliphatic carbocycles. The first-order chi connectivity index (χ1) is 15.4. The molecule has 0 bridgehead atoms. The lowest BCUT2D eigenvalue weighted by atomic mass is 9.98. The summed E-state index contributed by atoms with van der Waals surface area (Å²) in [6.07, 6.45) is 3.21. The number of rotatable bonds is 7. The highest BCUT2D eigenvalue weighted by molar-refractivity contribution is 5.81. The summed E-state index contributed by atoms with van der Waals surface area (Å²) in [5.41, 5.74) is 4.59. The Labute approximate surface area is 185 Å². The molecule has 2 N–H and O–H groups in total. The lowest BCUT2D eigenvalue weighted by Crippen LogP contribution is -2.37. The van der Waals surface area contributed by atoms with Gasteiger partial charge in [-0.2, -0.15) is 0 Å². The molecule has 8 nitrogen and oxygen atoms in total. The number of amides is 2. The number of hydrogen-bond acceptors (Lipinski definition) is 5. The summed E-state index contributed by atoms with van der Waals surface area (Å²) >= 11 is 0. The van der Waals surface area contributed by atoms with E-state index in [-0.39, 0.29) is 24.5 Å². The predicted octanol–water partition coefficient (Wildman–Crippen LogP) is 2.94. The highest BCUT2D eigenvalue weighted by Gasteiger charge is 2.31. The normalized spacial score (nSPS) is 18.7. The van der Waals surface area contributed by atoms with E-state index in [4.69, 9.17) is 14.7 Å². The Balaban J connectivity index is 1.30. The third-order valence-corrected chi connectivity index (χ3v) is 5.74. The van der Waals surface area contributed by atoms with Gasteiger partial charge in [-0.25, -0.2) is 14.7 Å². The van der Waals surface area contributed by atoms with E-state index in [0.717, 1.165) is 27.3 Å². The van der Waals surface area contributed by atoms with Gasteiger partial charge in [-0.15, -0.1) is 0 Å². The molecule has 2 amide bonds. The van der Waals surface area contributed by atoms with E-state index in [1.807, 2.05) is 24.3 Å². The van der Waals surface area contributed by atoms with Gasteiger partial charge in [-0.3, -0.25) is 9.63 Å². The summed E-state index contributed by atoms with van der Waals surface area (Å²) in [5.74, 6) is -2.07. The first-order valence-corrected chi connectivity index (χ1v) is 10.4. The number of hydroxylamine groups is 2. The Kier molecular flexibility index (Phi) is 6.23. The largest absolute Gasteiger partial charge is 0.479 e. The lowest BCUT2D eigenvalue weighted by Gasteiger charge is -2.20. The molecule has 2 unspecified atom stereocenters. The number of carboxylic acids is 1. The van der Waals surface area contributed by atoms with Crippen molar-refractivity contribution in [3.63, 3.8) is 0 Å². The van der Waals surface area contributed by atoms with Gasteiger partial charge in [0.1, 0.15) is 6.61 Å². The van der Waals surface area contributed by atoms with Gasteiger partial charge in [-0.1, -0.05) is 60.7 Å². The smallest absolute Gasteiger partial charge is 0.407 e. The molecule has 2 aromatic rings. The fourth-order valence-corrected chi connectivity index (χ4v) is 4.23. The number of hydrogen-bond donors (Lipinski definition) is 2. The molecular weight excluding hydrogens is 412 g/mol. The number of nitrogens with zero attached hydrogens (tertiary/aromatic N) is 1. The van der Waals surface area contributed by atoms with Gasteiger partial charge in [0.05, 0.1) is 12.0 Å². The third kappa shape index (κ3) is 4.50. The number of nitrogens with one attached hydrogen (secondary N) is 1. The van der Waals surface area contributed by atoms with Gasteiger partial charge in [0.15, 0.2) is 6.61 Å². The number of ether oxygens (including phenoxy) is 1. The highest BCUT2D eigenvalue weighted by Crippen LogP contribution is 2.44. The molecule has 0 saturated heterocycles. The zero-order chi connectivity index (χ0) is 22.7. The molecular formula is C24H24N2O6. The quantitative estimate of drug-likeness (QED) is 0.511. The van der Waals surface area contributed by atoms with Crippen molar-refractivity contribution in [3.05, 3.63) is 71.8 Å². The molecule has 2 atom stereocenters. The van der Waals surface area contributed by atoms with Gasteiger partial charge < -0.3 is 15.2 Å². The van der Waals surface area contributed by atoms with Crippen molar-refractivity contribution in [2.24, 2.45) is 5.92 Å². The molecule has 2 aromatic carbocycles. The molecule has 0 heterocycles. The second-order valence-corrected chi connectivity index (χ2v) is 7.81. The monoisotopic (exact) mass is 436 g/mol. The number of alkyl carbamates (subject to hydrolysis) is 1. The van der Waals surface area contributed by atoms with E-state index in [0.29, 0.717) is 6.42 Å². The number of carboxylic acid groups (broad SMARTS) is 1. The van der Waals surface area contributed by atoms with Crippen molar-refractivity contribution >= 4 is 18.0 Å². The second-order valence-electron chi connectivity index (χ2n) is 7.81.